The van der Waals surface area contributed by atoms with Crippen LogP contribution in [0.25, 0.3) is 0 Å². The first-order valence-corrected chi connectivity index (χ1v) is 9.08. The Labute approximate surface area is 158 Å². The molecule has 0 spiro atoms. The molecular weight excluding hydrogens is 340 g/mol. The third-order valence-electron chi connectivity index (χ3n) is 4.69. The minimum atomic E-state index is -0.322. The number of hydrogen-bond donors (Lipinski definition) is 1. The molecule has 2 heterocycles. The van der Waals surface area contributed by atoms with Crippen molar-refractivity contribution in [2.24, 2.45) is 0 Å². The van der Waals surface area contributed by atoms with Crippen molar-refractivity contribution in [3.8, 4) is 0 Å². The first kappa shape index (κ1) is 18.6. The highest BCUT2D eigenvalue weighted by Gasteiger charge is 2.18. The molecule has 0 aliphatic heterocycles. The van der Waals surface area contributed by atoms with Gasteiger partial charge < -0.3 is 14.5 Å². The summed E-state index contributed by atoms with van der Waals surface area (Å²) in [6.07, 6.45) is 7.87. The number of rotatable bonds is 7. The van der Waals surface area contributed by atoms with Crippen molar-refractivity contribution in [1.82, 2.24) is 19.4 Å². The van der Waals surface area contributed by atoms with E-state index in [4.69, 9.17) is 0 Å². The van der Waals surface area contributed by atoms with Crippen molar-refractivity contribution in [1.29, 1.82) is 0 Å². The lowest BCUT2D eigenvalue weighted by Crippen LogP contribution is -2.35. The molecule has 0 fully saturated rings. The molecule has 0 bridgehead atoms. The maximum atomic E-state index is 13.0. The van der Waals surface area contributed by atoms with Gasteiger partial charge in [0.05, 0.1) is 12.4 Å². The lowest BCUT2D eigenvalue weighted by atomic mass is 10.1. The second-order valence-electron chi connectivity index (χ2n) is 6.58. The minimum Gasteiger partial charge on any atom is -0.352 e. The molecular formula is C21H24N4O2. The van der Waals surface area contributed by atoms with E-state index < -0.39 is 0 Å². The lowest BCUT2D eigenvalue weighted by molar-refractivity contribution is 0.0950. The zero-order chi connectivity index (χ0) is 19.2. The number of imidazole rings is 1. The van der Waals surface area contributed by atoms with Crippen LogP contribution in [0.5, 0.6) is 0 Å². The highest BCUT2D eigenvalue weighted by atomic mass is 16.2. The van der Waals surface area contributed by atoms with Crippen LogP contribution in [0, 0.1) is 6.92 Å². The molecule has 1 unspecified atom stereocenters. The standard InChI is InChI=1S/C21H24N4O2/c1-16-9-13-25(17(2)18-7-4-3-5-8-18)21(27)19(16)20(26)23-10-6-12-24-14-11-22-15-24/h3-5,7-9,11,13-15,17H,6,10,12H2,1-2H3,(H,23,26). The van der Waals surface area contributed by atoms with Crippen LogP contribution in [0.15, 0.2) is 66.1 Å². The van der Waals surface area contributed by atoms with Gasteiger partial charge in [-0.25, -0.2) is 4.98 Å². The van der Waals surface area contributed by atoms with Crippen molar-refractivity contribution in [2.45, 2.75) is 32.9 Å². The Morgan fingerprint density at radius 2 is 1.96 bits per heavy atom. The SMILES string of the molecule is Cc1ccn(C(C)c2ccccc2)c(=O)c1C(=O)NCCCn1ccnc1. The Hall–Kier alpha value is -3.15. The number of amides is 1. The van der Waals surface area contributed by atoms with Crippen LogP contribution in [0.1, 0.15) is 40.9 Å². The molecule has 140 valence electrons. The first-order valence-electron chi connectivity index (χ1n) is 9.08. The average molecular weight is 364 g/mol. The normalized spacial score (nSPS) is 11.9. The van der Waals surface area contributed by atoms with Crippen molar-refractivity contribution >= 4 is 5.91 Å². The number of nitrogens with zero attached hydrogens (tertiary/aromatic N) is 3. The average Bonchev–Trinajstić information content (AvgIpc) is 3.19. The molecule has 0 aliphatic carbocycles. The third kappa shape index (κ3) is 4.34. The molecule has 3 rings (SSSR count). The Bertz CT molecular complexity index is 946. The topological polar surface area (TPSA) is 68.9 Å². The number of carbonyl (C=O) groups is 1. The van der Waals surface area contributed by atoms with E-state index in [2.05, 4.69) is 10.3 Å². The highest BCUT2D eigenvalue weighted by molar-refractivity contribution is 5.95. The Morgan fingerprint density at radius 1 is 1.19 bits per heavy atom. The molecule has 27 heavy (non-hydrogen) atoms. The molecule has 2 aromatic heterocycles. The molecule has 6 nitrogen and oxygen atoms in total. The smallest absolute Gasteiger partial charge is 0.264 e. The number of aromatic nitrogens is 3. The van der Waals surface area contributed by atoms with E-state index >= 15 is 0 Å². The van der Waals surface area contributed by atoms with Crippen LogP contribution in [-0.2, 0) is 6.54 Å². The van der Waals surface area contributed by atoms with Gasteiger partial charge in [-0.05, 0) is 37.5 Å². The first-order chi connectivity index (χ1) is 13.1. The fourth-order valence-corrected chi connectivity index (χ4v) is 3.09. The molecule has 1 amide bonds. The molecule has 0 radical (unpaired) electrons. The van der Waals surface area contributed by atoms with Gasteiger partial charge in [0.25, 0.3) is 11.5 Å². The zero-order valence-corrected chi connectivity index (χ0v) is 15.6. The number of benzene rings is 1. The van der Waals surface area contributed by atoms with Crippen LogP contribution in [0.3, 0.4) is 0 Å². The monoisotopic (exact) mass is 364 g/mol. The Kier molecular flexibility index (Phi) is 5.86. The summed E-state index contributed by atoms with van der Waals surface area (Å²) in [7, 11) is 0. The quantitative estimate of drug-likeness (QED) is 0.656. The number of nitrogens with one attached hydrogen (secondary N) is 1. The van der Waals surface area contributed by atoms with Gasteiger partial charge in [0, 0.05) is 31.7 Å². The summed E-state index contributed by atoms with van der Waals surface area (Å²) in [4.78, 5) is 29.6. The Morgan fingerprint density at radius 3 is 2.67 bits per heavy atom. The summed E-state index contributed by atoms with van der Waals surface area (Å²) < 4.78 is 3.57. The van der Waals surface area contributed by atoms with Crippen molar-refractivity contribution < 1.29 is 4.79 Å². The van der Waals surface area contributed by atoms with Crippen LogP contribution >= 0.6 is 0 Å². The van der Waals surface area contributed by atoms with Gasteiger partial charge in [0.15, 0.2) is 0 Å². The summed E-state index contributed by atoms with van der Waals surface area (Å²) in [5.41, 5.74) is 1.65. The van der Waals surface area contributed by atoms with Gasteiger partial charge in [-0.2, -0.15) is 0 Å². The van der Waals surface area contributed by atoms with Gasteiger partial charge in [-0.15, -0.1) is 0 Å². The van der Waals surface area contributed by atoms with Crippen molar-refractivity contribution in [2.75, 3.05) is 6.54 Å². The van der Waals surface area contributed by atoms with E-state index in [0.717, 1.165) is 18.5 Å². The second-order valence-corrected chi connectivity index (χ2v) is 6.58. The predicted molar refractivity (Wildman–Crippen MR) is 105 cm³/mol. The molecule has 0 saturated carbocycles. The van der Waals surface area contributed by atoms with Crippen LogP contribution in [0.4, 0.5) is 0 Å². The van der Waals surface area contributed by atoms with Crippen LogP contribution in [-0.4, -0.2) is 26.6 Å². The fraction of sp³-hybridized carbons (Fsp3) is 0.286. The molecule has 0 aliphatic rings. The molecule has 0 saturated heterocycles. The molecule has 3 aromatic rings. The number of carbonyl (C=O) groups excluding carboxylic acids is 1. The molecule has 6 heteroatoms. The highest BCUT2D eigenvalue weighted by Crippen LogP contribution is 2.16. The zero-order valence-electron chi connectivity index (χ0n) is 15.6. The van der Waals surface area contributed by atoms with Crippen molar-refractivity contribution in [3.63, 3.8) is 0 Å². The summed E-state index contributed by atoms with van der Waals surface area (Å²) in [6.45, 7) is 5.01. The van der Waals surface area contributed by atoms with Crippen molar-refractivity contribution in [3.05, 3.63) is 88.4 Å². The van der Waals surface area contributed by atoms with Gasteiger partial charge in [0.1, 0.15) is 5.56 Å². The van der Waals surface area contributed by atoms with Gasteiger partial charge in [0.2, 0.25) is 0 Å². The minimum absolute atomic E-state index is 0.146. The summed E-state index contributed by atoms with van der Waals surface area (Å²) in [6, 6.07) is 11.5. The Balaban J connectivity index is 1.72. The maximum Gasteiger partial charge on any atom is 0.264 e. The lowest BCUT2D eigenvalue weighted by Gasteiger charge is -2.17. The fourth-order valence-electron chi connectivity index (χ4n) is 3.09. The van der Waals surface area contributed by atoms with Gasteiger partial charge in [-0.3, -0.25) is 9.59 Å². The van der Waals surface area contributed by atoms with Crippen LogP contribution in [0.2, 0.25) is 0 Å². The molecule has 1 N–H and O–H groups in total. The summed E-state index contributed by atoms with van der Waals surface area (Å²) >= 11 is 0. The van der Waals surface area contributed by atoms with Crippen LogP contribution < -0.4 is 10.9 Å². The number of hydrogen-bond acceptors (Lipinski definition) is 3. The summed E-state index contributed by atoms with van der Waals surface area (Å²) in [5.74, 6) is -0.322. The number of pyridine rings is 1. The van der Waals surface area contributed by atoms with E-state index in [9.17, 15) is 9.59 Å². The van der Waals surface area contributed by atoms with E-state index in [1.165, 1.54) is 0 Å². The predicted octanol–water partition coefficient (Wildman–Crippen LogP) is 2.78. The molecule has 1 aromatic carbocycles. The maximum absolute atomic E-state index is 13.0. The van der Waals surface area contributed by atoms with E-state index in [-0.39, 0.29) is 23.1 Å². The number of aryl methyl sites for hydroxylation is 2. The largest absolute Gasteiger partial charge is 0.352 e. The van der Waals surface area contributed by atoms with Gasteiger partial charge >= 0.3 is 0 Å². The third-order valence-corrected chi connectivity index (χ3v) is 4.69. The van der Waals surface area contributed by atoms with E-state index in [1.807, 2.05) is 54.1 Å². The van der Waals surface area contributed by atoms with Gasteiger partial charge in [-0.1, -0.05) is 30.3 Å². The molecule has 1 atom stereocenters. The van der Waals surface area contributed by atoms with E-state index in [1.54, 1.807) is 30.2 Å². The summed E-state index contributed by atoms with van der Waals surface area (Å²) in [5, 5.41) is 2.86. The second kappa shape index (κ2) is 8.49. The van der Waals surface area contributed by atoms with E-state index in [0.29, 0.717) is 12.1 Å².